The molecule has 2 nitrogen and oxygen atoms in total. The largest absolute Gasteiger partial charge is 0.290 e. The second-order valence-corrected chi connectivity index (χ2v) is 8.81. The molecule has 4 aliphatic rings. The summed E-state index contributed by atoms with van der Waals surface area (Å²) in [5.41, 5.74) is 5.16. The van der Waals surface area contributed by atoms with Gasteiger partial charge in [-0.1, -0.05) is 38.3 Å². The number of hydrogen-bond acceptors (Lipinski definition) is 2. The Morgan fingerprint density at radius 2 is 1.61 bits per heavy atom. The lowest BCUT2D eigenvalue weighted by atomic mass is 9.48. The van der Waals surface area contributed by atoms with Gasteiger partial charge >= 0.3 is 0 Å². The minimum atomic E-state index is 0.0578. The number of carbonyl (C=O) groups is 2. The quantitative estimate of drug-likeness (QED) is 0.480. The van der Waals surface area contributed by atoms with E-state index in [-0.39, 0.29) is 17.0 Å². The zero-order valence-electron chi connectivity index (χ0n) is 14.5. The van der Waals surface area contributed by atoms with Crippen molar-refractivity contribution >= 4 is 11.6 Å². The monoisotopic (exact) mass is 310 g/mol. The maximum absolute atomic E-state index is 12.3. The van der Waals surface area contributed by atoms with E-state index < -0.39 is 0 Å². The van der Waals surface area contributed by atoms with E-state index in [1.165, 1.54) is 49.0 Å². The Hall–Kier alpha value is -1.44. The van der Waals surface area contributed by atoms with Crippen LogP contribution in [0.1, 0.15) is 65.7 Å². The molecule has 0 bridgehead atoms. The Kier molecular flexibility index (Phi) is 3.14. The van der Waals surface area contributed by atoms with Crippen LogP contribution in [0.4, 0.5) is 0 Å². The SMILES string of the molecule is CC1(C)CCC[C@]2(C)C3=C(CC[C@@H]12)CC1=C(C3)C(=O)C=CC1=O. The lowest BCUT2D eigenvalue weighted by Crippen LogP contribution is -2.46. The van der Waals surface area contributed by atoms with Gasteiger partial charge in [-0.15, -0.1) is 0 Å². The topological polar surface area (TPSA) is 34.1 Å². The highest BCUT2D eigenvalue weighted by atomic mass is 16.1. The minimum absolute atomic E-state index is 0.0578. The molecule has 4 aliphatic carbocycles. The molecular formula is C21H26O2. The molecule has 4 rings (SSSR count). The van der Waals surface area contributed by atoms with Crippen LogP contribution in [0.15, 0.2) is 34.4 Å². The molecule has 0 aromatic rings. The average Bonchev–Trinajstić information content (AvgIpc) is 2.49. The van der Waals surface area contributed by atoms with Gasteiger partial charge in [0.15, 0.2) is 11.6 Å². The van der Waals surface area contributed by atoms with Gasteiger partial charge in [-0.3, -0.25) is 9.59 Å². The van der Waals surface area contributed by atoms with Crippen molar-refractivity contribution in [2.24, 2.45) is 16.7 Å². The van der Waals surface area contributed by atoms with Gasteiger partial charge < -0.3 is 0 Å². The molecule has 23 heavy (non-hydrogen) atoms. The molecule has 1 fully saturated rings. The molecule has 0 saturated heterocycles. The maximum atomic E-state index is 12.3. The molecule has 0 radical (unpaired) electrons. The van der Waals surface area contributed by atoms with Gasteiger partial charge in [-0.25, -0.2) is 0 Å². The van der Waals surface area contributed by atoms with Crippen LogP contribution >= 0.6 is 0 Å². The molecular weight excluding hydrogens is 284 g/mol. The first-order valence-corrected chi connectivity index (χ1v) is 9.03. The van der Waals surface area contributed by atoms with Crippen LogP contribution < -0.4 is 0 Å². The fraction of sp³-hybridized carbons (Fsp3) is 0.619. The third-order valence-corrected chi connectivity index (χ3v) is 7.17. The van der Waals surface area contributed by atoms with Crippen LogP contribution in [0, 0.1) is 16.7 Å². The van der Waals surface area contributed by atoms with Crippen LogP contribution in [-0.4, -0.2) is 11.6 Å². The minimum Gasteiger partial charge on any atom is -0.290 e. The highest BCUT2D eigenvalue weighted by Crippen LogP contribution is 2.62. The Labute approximate surface area is 138 Å². The molecule has 2 heteroatoms. The van der Waals surface area contributed by atoms with Crippen molar-refractivity contribution in [3.8, 4) is 0 Å². The molecule has 122 valence electrons. The van der Waals surface area contributed by atoms with Crippen molar-refractivity contribution in [2.45, 2.75) is 65.7 Å². The van der Waals surface area contributed by atoms with E-state index in [1.54, 1.807) is 0 Å². The van der Waals surface area contributed by atoms with Crippen molar-refractivity contribution in [1.29, 1.82) is 0 Å². The highest BCUT2D eigenvalue weighted by Gasteiger charge is 2.51. The number of allylic oxidation sites excluding steroid dienone is 6. The molecule has 0 unspecified atom stereocenters. The van der Waals surface area contributed by atoms with Gasteiger partial charge in [0.05, 0.1) is 0 Å². The van der Waals surface area contributed by atoms with E-state index >= 15 is 0 Å². The van der Waals surface area contributed by atoms with E-state index in [0.29, 0.717) is 11.3 Å². The molecule has 0 amide bonds. The van der Waals surface area contributed by atoms with E-state index in [0.717, 1.165) is 30.4 Å². The van der Waals surface area contributed by atoms with Gasteiger partial charge in [0.2, 0.25) is 0 Å². The summed E-state index contributed by atoms with van der Waals surface area (Å²) in [6.45, 7) is 7.28. The predicted molar refractivity (Wildman–Crippen MR) is 90.9 cm³/mol. The molecule has 0 aromatic heterocycles. The van der Waals surface area contributed by atoms with Crippen molar-refractivity contribution < 1.29 is 9.59 Å². The molecule has 0 spiro atoms. The van der Waals surface area contributed by atoms with E-state index in [2.05, 4.69) is 20.8 Å². The Morgan fingerprint density at radius 1 is 0.957 bits per heavy atom. The van der Waals surface area contributed by atoms with E-state index in [9.17, 15) is 9.59 Å². The summed E-state index contributed by atoms with van der Waals surface area (Å²) < 4.78 is 0. The maximum Gasteiger partial charge on any atom is 0.182 e. The van der Waals surface area contributed by atoms with E-state index in [1.807, 2.05) is 0 Å². The van der Waals surface area contributed by atoms with Crippen LogP contribution in [0.3, 0.4) is 0 Å². The first kappa shape index (κ1) is 15.1. The van der Waals surface area contributed by atoms with Crippen molar-refractivity contribution in [3.05, 3.63) is 34.4 Å². The van der Waals surface area contributed by atoms with E-state index in [4.69, 9.17) is 0 Å². The number of carbonyl (C=O) groups excluding carboxylic acids is 2. The van der Waals surface area contributed by atoms with Gasteiger partial charge in [-0.05, 0) is 67.4 Å². The van der Waals surface area contributed by atoms with Crippen molar-refractivity contribution in [3.63, 3.8) is 0 Å². The third-order valence-electron chi connectivity index (χ3n) is 7.17. The van der Waals surface area contributed by atoms with Crippen molar-refractivity contribution in [2.75, 3.05) is 0 Å². The highest BCUT2D eigenvalue weighted by molar-refractivity contribution is 6.20. The third kappa shape index (κ3) is 2.07. The predicted octanol–water partition coefficient (Wildman–Crippen LogP) is 4.71. The summed E-state index contributed by atoms with van der Waals surface area (Å²) >= 11 is 0. The van der Waals surface area contributed by atoms with Crippen LogP contribution in [0.5, 0.6) is 0 Å². The smallest absolute Gasteiger partial charge is 0.182 e. The second-order valence-electron chi connectivity index (χ2n) is 8.81. The normalized spacial score (nSPS) is 35.9. The van der Waals surface area contributed by atoms with Crippen LogP contribution in [-0.2, 0) is 9.59 Å². The van der Waals surface area contributed by atoms with Gasteiger partial charge in [-0.2, -0.15) is 0 Å². The lowest BCUT2D eigenvalue weighted by molar-refractivity contribution is -0.115. The summed E-state index contributed by atoms with van der Waals surface area (Å²) in [6.07, 6.45) is 10.6. The van der Waals surface area contributed by atoms with Gasteiger partial charge in [0.1, 0.15) is 0 Å². The summed E-state index contributed by atoms with van der Waals surface area (Å²) in [6, 6.07) is 0. The second kappa shape index (κ2) is 4.78. The zero-order chi connectivity index (χ0) is 16.4. The van der Waals surface area contributed by atoms with Crippen LogP contribution in [0.2, 0.25) is 0 Å². The first-order chi connectivity index (χ1) is 10.8. The zero-order valence-corrected chi connectivity index (χ0v) is 14.5. The van der Waals surface area contributed by atoms with Crippen molar-refractivity contribution in [1.82, 2.24) is 0 Å². The fourth-order valence-corrected chi connectivity index (χ4v) is 6.02. The summed E-state index contributed by atoms with van der Waals surface area (Å²) in [4.78, 5) is 24.5. The number of fused-ring (bicyclic) bond motifs is 2. The average molecular weight is 310 g/mol. The lowest BCUT2D eigenvalue weighted by Gasteiger charge is -2.56. The van der Waals surface area contributed by atoms with Gasteiger partial charge in [0, 0.05) is 11.1 Å². The standard InChI is InChI=1S/C21H26O2/c1-20(2)9-4-10-21(3)16-12-15-14(17(22)6-7-18(15)23)11-13(16)5-8-19(20)21/h6-7,19H,4-5,8-12H2,1-3H3/t19-,21+/m0/s1. The first-order valence-electron chi connectivity index (χ1n) is 9.03. The number of hydrogen-bond donors (Lipinski definition) is 0. The molecule has 0 heterocycles. The Bertz CT molecular complexity index is 701. The molecule has 0 aliphatic heterocycles. The number of ketones is 2. The Balaban J connectivity index is 1.76. The Morgan fingerprint density at radius 3 is 2.30 bits per heavy atom. The molecule has 1 saturated carbocycles. The molecule has 0 aromatic carbocycles. The molecule has 2 atom stereocenters. The summed E-state index contributed by atoms with van der Waals surface area (Å²) in [5, 5.41) is 0. The summed E-state index contributed by atoms with van der Waals surface area (Å²) in [5.74, 6) is 0.823. The number of rotatable bonds is 0. The summed E-state index contributed by atoms with van der Waals surface area (Å²) in [7, 11) is 0. The van der Waals surface area contributed by atoms with Gasteiger partial charge in [0.25, 0.3) is 0 Å². The van der Waals surface area contributed by atoms with Crippen LogP contribution in [0.25, 0.3) is 0 Å². The molecule has 0 N–H and O–H groups in total. The fourth-order valence-electron chi connectivity index (χ4n) is 6.02.